The van der Waals surface area contributed by atoms with Crippen molar-refractivity contribution in [2.24, 2.45) is 0 Å². The summed E-state index contributed by atoms with van der Waals surface area (Å²) in [6.07, 6.45) is 0. The Balaban J connectivity index is 1.09. The minimum absolute atomic E-state index is 0.0824. The number of benzene rings is 9. The van der Waals surface area contributed by atoms with Gasteiger partial charge in [-0.15, -0.1) is 0 Å². The summed E-state index contributed by atoms with van der Waals surface area (Å²) in [6.45, 7) is -0.0824. The fourth-order valence-corrected chi connectivity index (χ4v) is 9.30. The van der Waals surface area contributed by atoms with Crippen LogP contribution in [0.5, 0.6) is 23.0 Å². The molecule has 9 aromatic carbocycles. The average molecular weight is 755 g/mol. The third-order valence-electron chi connectivity index (χ3n) is 11.9. The summed E-state index contributed by atoms with van der Waals surface area (Å²) in [5.74, 6) is 3.37. The van der Waals surface area contributed by atoms with Gasteiger partial charge in [0.1, 0.15) is 23.0 Å². The number of fused-ring (bicyclic) bond motifs is 7. The molecule has 0 spiro atoms. The molecule has 59 heavy (non-hydrogen) atoms. The van der Waals surface area contributed by atoms with Crippen LogP contribution in [0.1, 0.15) is 0 Å². The van der Waals surface area contributed by atoms with Crippen LogP contribution in [0.3, 0.4) is 0 Å². The Kier molecular flexibility index (Phi) is 7.60. The van der Waals surface area contributed by atoms with Crippen LogP contribution in [0.25, 0.3) is 49.7 Å². The van der Waals surface area contributed by atoms with E-state index in [1.54, 1.807) is 0 Å². The molecule has 2 aliphatic heterocycles. The fraction of sp³-hybridized carbons (Fsp3) is 0. The largest absolute Gasteiger partial charge is 0.458 e. The predicted molar refractivity (Wildman–Crippen MR) is 244 cm³/mol. The van der Waals surface area contributed by atoms with Crippen molar-refractivity contribution in [1.82, 2.24) is 4.57 Å². The summed E-state index contributed by atoms with van der Waals surface area (Å²) >= 11 is 0. The second-order valence-corrected chi connectivity index (χ2v) is 15.3. The van der Waals surface area contributed by atoms with E-state index in [0.29, 0.717) is 0 Å². The molecule has 0 N–H and O–H groups in total. The van der Waals surface area contributed by atoms with Gasteiger partial charge in [0, 0.05) is 39.0 Å². The summed E-state index contributed by atoms with van der Waals surface area (Å²) in [5, 5.41) is 2.29. The van der Waals surface area contributed by atoms with Gasteiger partial charge in [-0.1, -0.05) is 133 Å². The van der Waals surface area contributed by atoms with Crippen molar-refractivity contribution < 1.29 is 9.47 Å². The Morgan fingerprint density at radius 1 is 0.373 bits per heavy atom. The second-order valence-electron chi connectivity index (χ2n) is 15.3. The van der Waals surface area contributed by atoms with Crippen molar-refractivity contribution in [2.45, 2.75) is 0 Å². The lowest BCUT2D eigenvalue weighted by Crippen LogP contribution is -2.57. The van der Waals surface area contributed by atoms with Crippen LogP contribution >= 0.6 is 0 Å². The number of para-hydroxylation sites is 4. The maximum absolute atomic E-state index is 7.10. The van der Waals surface area contributed by atoms with Crippen LogP contribution < -0.4 is 30.8 Å². The monoisotopic (exact) mass is 754 g/mol. The molecular weight excluding hydrogens is 719 g/mol. The van der Waals surface area contributed by atoms with E-state index in [1.807, 2.05) is 0 Å². The molecule has 10 aromatic rings. The zero-order valence-corrected chi connectivity index (χ0v) is 32.0. The van der Waals surface area contributed by atoms with Gasteiger partial charge in [-0.2, -0.15) is 0 Å². The summed E-state index contributed by atoms with van der Waals surface area (Å²) < 4.78 is 16.3. The van der Waals surface area contributed by atoms with Crippen LogP contribution in [-0.4, -0.2) is 11.3 Å². The van der Waals surface area contributed by atoms with Gasteiger partial charge in [0.15, 0.2) is 0 Å². The molecule has 0 unspecified atom stereocenters. The Labute approximate surface area is 342 Å². The molecule has 0 aliphatic carbocycles. The van der Waals surface area contributed by atoms with Gasteiger partial charge in [0.25, 0.3) is 6.71 Å². The molecule has 0 saturated carbocycles. The maximum Gasteiger partial charge on any atom is 0.260 e. The third kappa shape index (κ3) is 5.39. The lowest BCUT2D eigenvalue weighted by Gasteiger charge is -2.33. The first-order valence-electron chi connectivity index (χ1n) is 20.1. The Morgan fingerprint density at radius 2 is 0.932 bits per heavy atom. The number of rotatable bonds is 6. The molecule has 0 atom stereocenters. The van der Waals surface area contributed by atoms with E-state index < -0.39 is 0 Å². The third-order valence-corrected chi connectivity index (χ3v) is 11.9. The van der Waals surface area contributed by atoms with Gasteiger partial charge in [0.2, 0.25) is 0 Å². The lowest BCUT2D eigenvalue weighted by molar-refractivity contribution is 0.465. The van der Waals surface area contributed by atoms with Gasteiger partial charge in [-0.25, -0.2) is 0 Å². The predicted octanol–water partition coefficient (Wildman–Crippen LogP) is 12.3. The quantitative estimate of drug-likeness (QED) is 0.158. The van der Waals surface area contributed by atoms with Crippen LogP contribution in [-0.2, 0) is 0 Å². The maximum atomic E-state index is 7.10. The van der Waals surface area contributed by atoms with Crippen LogP contribution in [0.4, 0.5) is 17.1 Å². The Hall–Kier alpha value is -7.76. The first-order valence-corrected chi connectivity index (χ1v) is 20.1. The zero-order chi connectivity index (χ0) is 38.9. The van der Waals surface area contributed by atoms with E-state index in [0.717, 1.165) is 101 Å². The molecule has 276 valence electrons. The Bertz CT molecular complexity index is 3180. The van der Waals surface area contributed by atoms with Crippen molar-refractivity contribution in [3.05, 3.63) is 212 Å². The van der Waals surface area contributed by atoms with Gasteiger partial charge in [-0.3, -0.25) is 0 Å². The molecule has 2 aliphatic rings. The highest BCUT2D eigenvalue weighted by Crippen LogP contribution is 2.44. The molecule has 5 heteroatoms. The standard InChI is InChI=1S/C54H35BN2O2/c1-5-17-36(18-6-1)42-25-13-14-26-43(42)37-31-52-54-53(32-37)59-51-34-45-44-30-29-41(56(38-19-7-2-8-20-38)39-21-9-3-10-22-39)33-48(44)57(40-23-11-4-12-24-40)49(45)35-47(51)55(54)46-27-15-16-28-50(46)58-52/h1-35H. The summed E-state index contributed by atoms with van der Waals surface area (Å²) in [4.78, 5) is 2.32. The summed E-state index contributed by atoms with van der Waals surface area (Å²) in [5.41, 5.74) is 14.4. The molecule has 0 radical (unpaired) electrons. The molecule has 0 fully saturated rings. The van der Waals surface area contributed by atoms with Gasteiger partial charge in [0.05, 0.1) is 11.0 Å². The van der Waals surface area contributed by atoms with E-state index in [9.17, 15) is 0 Å². The SMILES string of the molecule is c1ccc(-c2ccccc2-c2cc3c4c(c2)Oc2cc5c6ccc(N(c7ccccc7)c7ccccc7)cc6n(-c6ccccc6)c5cc2B4c2ccccc2O3)cc1. The molecule has 1 aromatic heterocycles. The first-order chi connectivity index (χ1) is 29.3. The topological polar surface area (TPSA) is 26.6 Å². The number of ether oxygens (including phenoxy) is 2. The molecule has 0 amide bonds. The molecule has 12 rings (SSSR count). The fourth-order valence-electron chi connectivity index (χ4n) is 9.30. The van der Waals surface area contributed by atoms with Crippen LogP contribution in [0.2, 0.25) is 0 Å². The van der Waals surface area contributed by atoms with Gasteiger partial charge >= 0.3 is 0 Å². The van der Waals surface area contributed by atoms with Crippen molar-refractivity contribution in [3.63, 3.8) is 0 Å². The number of hydrogen-bond acceptors (Lipinski definition) is 3. The minimum atomic E-state index is -0.0824. The van der Waals surface area contributed by atoms with Gasteiger partial charge < -0.3 is 18.9 Å². The molecule has 0 saturated heterocycles. The molecular formula is C54H35BN2O2. The minimum Gasteiger partial charge on any atom is -0.458 e. The van der Waals surface area contributed by atoms with Crippen molar-refractivity contribution >= 4 is 62.0 Å². The highest BCUT2D eigenvalue weighted by Gasteiger charge is 2.41. The zero-order valence-electron chi connectivity index (χ0n) is 32.0. The first kappa shape index (κ1) is 33.4. The van der Waals surface area contributed by atoms with Crippen molar-refractivity contribution in [3.8, 4) is 50.9 Å². The van der Waals surface area contributed by atoms with Crippen LogP contribution in [0, 0.1) is 0 Å². The molecule has 0 bridgehead atoms. The number of anilines is 3. The highest BCUT2D eigenvalue weighted by atomic mass is 16.5. The van der Waals surface area contributed by atoms with Crippen molar-refractivity contribution in [1.29, 1.82) is 0 Å². The average Bonchev–Trinajstić information content (AvgIpc) is 3.61. The number of nitrogens with zero attached hydrogens (tertiary/aromatic N) is 2. The van der Waals surface area contributed by atoms with Gasteiger partial charge in [-0.05, 0) is 112 Å². The lowest BCUT2D eigenvalue weighted by atomic mass is 9.35. The number of hydrogen-bond donors (Lipinski definition) is 0. The van der Waals surface area contributed by atoms with E-state index in [-0.39, 0.29) is 6.71 Å². The summed E-state index contributed by atoms with van der Waals surface area (Å²) in [7, 11) is 0. The molecule has 3 heterocycles. The van der Waals surface area contributed by atoms with E-state index in [4.69, 9.17) is 9.47 Å². The summed E-state index contributed by atoms with van der Waals surface area (Å²) in [6, 6.07) is 75.3. The highest BCUT2D eigenvalue weighted by molar-refractivity contribution is 6.98. The normalized spacial score (nSPS) is 12.3. The number of aromatic nitrogens is 1. The molecule has 4 nitrogen and oxygen atoms in total. The second kappa shape index (κ2) is 13.4. The van der Waals surface area contributed by atoms with Crippen molar-refractivity contribution in [2.75, 3.05) is 4.90 Å². The van der Waals surface area contributed by atoms with E-state index in [2.05, 4.69) is 222 Å². The van der Waals surface area contributed by atoms with Crippen LogP contribution in [0.15, 0.2) is 212 Å². The van der Waals surface area contributed by atoms with E-state index >= 15 is 0 Å². The smallest absolute Gasteiger partial charge is 0.260 e. The Morgan fingerprint density at radius 3 is 1.63 bits per heavy atom. The van der Waals surface area contributed by atoms with E-state index in [1.165, 1.54) is 5.56 Å².